The van der Waals surface area contributed by atoms with Crippen LogP contribution in [0.2, 0.25) is 0 Å². The van der Waals surface area contributed by atoms with E-state index < -0.39 is 11.2 Å². The van der Waals surface area contributed by atoms with E-state index in [1.807, 2.05) is 6.07 Å². The van der Waals surface area contributed by atoms with Crippen LogP contribution >= 0.6 is 0 Å². The lowest BCUT2D eigenvalue weighted by Crippen LogP contribution is -2.37. The Hall–Kier alpha value is -4.09. The molecule has 0 saturated heterocycles. The Morgan fingerprint density at radius 2 is 1.93 bits per heavy atom. The lowest BCUT2D eigenvalue weighted by atomic mass is 10.2. The molecule has 0 unspecified atom stereocenters. The molecule has 0 atom stereocenters. The van der Waals surface area contributed by atoms with Gasteiger partial charge in [-0.25, -0.2) is 24.4 Å². The van der Waals surface area contributed by atoms with E-state index >= 15 is 0 Å². The number of fused-ring (bicyclic) bond motifs is 1. The first kappa shape index (κ1) is 19.2. The number of carbonyl (C=O) groups is 1. The smallest absolute Gasteiger partial charge is 0.332 e. The highest BCUT2D eigenvalue weighted by atomic mass is 16.2. The first-order valence-electron chi connectivity index (χ1n) is 9.13. The third-order valence-electron chi connectivity index (χ3n) is 4.75. The number of rotatable bonds is 6. The standard InChI is InChI=1S/C18H19N9O3/c1-24-16-15(17(29)25(2)18(24)30)26(11-22-16)6-5-14(28)21-8-12-3-4-13(20-7-12)27-10-19-9-23-27/h3-4,7,9-11H,5-6,8H2,1-2H3,(H,21,28). The van der Waals surface area contributed by atoms with E-state index in [1.54, 1.807) is 30.2 Å². The van der Waals surface area contributed by atoms with Crippen LogP contribution in [0.5, 0.6) is 0 Å². The van der Waals surface area contributed by atoms with E-state index in [2.05, 4.69) is 25.4 Å². The highest BCUT2D eigenvalue weighted by Gasteiger charge is 2.14. The van der Waals surface area contributed by atoms with Crippen molar-refractivity contribution in [3.8, 4) is 5.82 Å². The van der Waals surface area contributed by atoms with Gasteiger partial charge in [0.2, 0.25) is 5.91 Å². The van der Waals surface area contributed by atoms with Crippen LogP contribution in [-0.4, -0.2) is 44.3 Å². The summed E-state index contributed by atoms with van der Waals surface area (Å²) in [5.74, 6) is 0.449. The SMILES string of the molecule is Cn1c(=O)c2c(ncn2CCC(=O)NCc2ccc(-n3cncn3)nc2)n(C)c1=O. The molecule has 154 valence electrons. The second-order valence-corrected chi connectivity index (χ2v) is 6.71. The van der Waals surface area contributed by atoms with Crippen LogP contribution in [-0.2, 0) is 32.0 Å². The van der Waals surface area contributed by atoms with E-state index in [-0.39, 0.29) is 18.9 Å². The molecule has 30 heavy (non-hydrogen) atoms. The van der Waals surface area contributed by atoms with Crippen LogP contribution in [0.3, 0.4) is 0 Å². The lowest BCUT2D eigenvalue weighted by molar-refractivity contribution is -0.121. The summed E-state index contributed by atoms with van der Waals surface area (Å²) in [7, 11) is 2.96. The molecule has 12 nitrogen and oxygen atoms in total. The molecular formula is C18H19N9O3. The zero-order chi connectivity index (χ0) is 21.3. The number of hydrogen-bond donors (Lipinski definition) is 1. The van der Waals surface area contributed by atoms with Crippen molar-refractivity contribution in [2.45, 2.75) is 19.5 Å². The second-order valence-electron chi connectivity index (χ2n) is 6.71. The number of carbonyl (C=O) groups excluding carboxylic acids is 1. The van der Waals surface area contributed by atoms with Crippen LogP contribution in [0.4, 0.5) is 0 Å². The first-order chi connectivity index (χ1) is 14.5. The lowest BCUT2D eigenvalue weighted by Gasteiger charge is -2.08. The Balaban J connectivity index is 1.39. The van der Waals surface area contributed by atoms with Gasteiger partial charge >= 0.3 is 5.69 Å². The van der Waals surface area contributed by atoms with Gasteiger partial charge in [-0.05, 0) is 11.6 Å². The molecule has 0 radical (unpaired) electrons. The first-order valence-corrected chi connectivity index (χ1v) is 9.13. The van der Waals surface area contributed by atoms with Gasteiger partial charge in [-0.15, -0.1) is 0 Å². The van der Waals surface area contributed by atoms with Gasteiger partial charge < -0.3 is 9.88 Å². The average Bonchev–Trinajstić information content (AvgIpc) is 3.44. The zero-order valence-corrected chi connectivity index (χ0v) is 16.4. The van der Waals surface area contributed by atoms with Crippen LogP contribution in [0.15, 0.2) is 46.9 Å². The number of imidazole rings is 1. The Morgan fingerprint density at radius 1 is 1.10 bits per heavy atom. The summed E-state index contributed by atoms with van der Waals surface area (Å²) < 4.78 is 5.46. The van der Waals surface area contributed by atoms with Gasteiger partial charge in [0, 0.05) is 39.8 Å². The molecule has 0 fully saturated rings. The van der Waals surface area contributed by atoms with Gasteiger partial charge in [-0.1, -0.05) is 6.07 Å². The monoisotopic (exact) mass is 409 g/mol. The number of aromatic nitrogens is 8. The van der Waals surface area contributed by atoms with Crippen LogP contribution < -0.4 is 16.6 Å². The van der Waals surface area contributed by atoms with Crippen molar-refractivity contribution in [2.24, 2.45) is 14.1 Å². The van der Waals surface area contributed by atoms with Crippen molar-refractivity contribution in [3.63, 3.8) is 0 Å². The molecule has 0 aliphatic heterocycles. The van der Waals surface area contributed by atoms with Crippen LogP contribution in [0.1, 0.15) is 12.0 Å². The summed E-state index contributed by atoms with van der Waals surface area (Å²) in [4.78, 5) is 49.0. The number of nitrogens with one attached hydrogen (secondary N) is 1. The quantitative estimate of drug-likeness (QED) is 0.437. The highest BCUT2D eigenvalue weighted by molar-refractivity contribution is 5.76. The highest BCUT2D eigenvalue weighted by Crippen LogP contribution is 2.07. The number of pyridine rings is 1. The van der Waals surface area contributed by atoms with Gasteiger partial charge in [-0.2, -0.15) is 5.10 Å². The van der Waals surface area contributed by atoms with E-state index in [1.165, 1.54) is 29.0 Å². The molecule has 0 aliphatic carbocycles. The maximum Gasteiger partial charge on any atom is 0.332 e. The molecule has 0 aliphatic rings. The summed E-state index contributed by atoms with van der Waals surface area (Å²) in [6.45, 7) is 0.587. The number of amides is 1. The zero-order valence-electron chi connectivity index (χ0n) is 16.4. The van der Waals surface area contributed by atoms with Crippen molar-refractivity contribution < 1.29 is 4.79 Å². The minimum absolute atomic E-state index is 0.155. The topological polar surface area (TPSA) is 135 Å². The maximum absolute atomic E-state index is 12.4. The molecule has 1 amide bonds. The normalized spacial score (nSPS) is 11.1. The number of aryl methyl sites for hydroxylation is 2. The fourth-order valence-corrected chi connectivity index (χ4v) is 3.06. The third-order valence-corrected chi connectivity index (χ3v) is 4.75. The summed E-state index contributed by atoms with van der Waals surface area (Å²) in [5.41, 5.74) is 0.537. The van der Waals surface area contributed by atoms with Gasteiger partial charge in [-0.3, -0.25) is 18.7 Å². The molecule has 4 heterocycles. The van der Waals surface area contributed by atoms with Crippen molar-refractivity contribution in [2.75, 3.05) is 0 Å². The fraction of sp³-hybridized carbons (Fsp3) is 0.278. The van der Waals surface area contributed by atoms with Crippen molar-refractivity contribution >= 4 is 17.1 Å². The number of nitrogens with zero attached hydrogens (tertiary/aromatic N) is 8. The Labute approximate surface area is 169 Å². The average molecular weight is 409 g/mol. The predicted molar refractivity (Wildman–Crippen MR) is 106 cm³/mol. The van der Waals surface area contributed by atoms with E-state index in [9.17, 15) is 14.4 Å². The molecule has 0 spiro atoms. The van der Waals surface area contributed by atoms with Gasteiger partial charge in [0.25, 0.3) is 5.56 Å². The summed E-state index contributed by atoms with van der Waals surface area (Å²) >= 11 is 0. The molecule has 1 N–H and O–H groups in total. The van der Waals surface area contributed by atoms with E-state index in [0.717, 1.165) is 10.1 Å². The minimum atomic E-state index is -0.445. The van der Waals surface area contributed by atoms with Gasteiger partial charge in [0.15, 0.2) is 17.0 Å². The molecule has 4 aromatic heterocycles. The molecule has 4 aromatic rings. The second kappa shape index (κ2) is 7.73. The molecule has 12 heteroatoms. The summed E-state index contributed by atoms with van der Waals surface area (Å²) in [6, 6.07) is 3.63. The van der Waals surface area contributed by atoms with Crippen molar-refractivity contribution in [1.82, 2.24) is 43.8 Å². The van der Waals surface area contributed by atoms with E-state index in [4.69, 9.17) is 0 Å². The van der Waals surface area contributed by atoms with Gasteiger partial charge in [0.05, 0.1) is 6.33 Å². The molecule has 0 bridgehead atoms. The molecule has 0 saturated carbocycles. The van der Waals surface area contributed by atoms with Crippen LogP contribution in [0.25, 0.3) is 17.0 Å². The minimum Gasteiger partial charge on any atom is -0.352 e. The molecular weight excluding hydrogens is 390 g/mol. The Morgan fingerprint density at radius 3 is 2.63 bits per heavy atom. The summed E-state index contributed by atoms with van der Waals surface area (Å²) in [5, 5.41) is 6.83. The fourth-order valence-electron chi connectivity index (χ4n) is 3.06. The molecule has 4 rings (SSSR count). The number of hydrogen-bond acceptors (Lipinski definition) is 7. The molecule has 0 aromatic carbocycles. The third kappa shape index (κ3) is 3.50. The van der Waals surface area contributed by atoms with E-state index in [0.29, 0.717) is 23.5 Å². The van der Waals surface area contributed by atoms with Crippen molar-refractivity contribution in [3.05, 3.63) is 63.7 Å². The summed E-state index contributed by atoms with van der Waals surface area (Å²) in [6.07, 6.45) is 6.25. The van der Waals surface area contributed by atoms with Gasteiger partial charge in [0.1, 0.15) is 12.7 Å². The largest absolute Gasteiger partial charge is 0.352 e. The van der Waals surface area contributed by atoms with Crippen molar-refractivity contribution in [1.29, 1.82) is 0 Å². The predicted octanol–water partition coefficient (Wildman–Crippen LogP) is -0.884. The maximum atomic E-state index is 12.4. The Kier molecular flexibility index (Phi) is 4.96. The Bertz CT molecular complexity index is 1310. The van der Waals surface area contributed by atoms with Crippen LogP contribution in [0, 0.1) is 0 Å².